The molecular weight excluding hydrogens is 390 g/mol. The molecule has 7 heteroatoms. The molecule has 0 fully saturated rings. The van der Waals surface area contributed by atoms with Crippen LogP contribution >= 0.6 is 11.6 Å². The number of rotatable bonds is 3. The van der Waals surface area contributed by atoms with Crippen LogP contribution in [0.3, 0.4) is 0 Å². The molecule has 5 rings (SSSR count). The van der Waals surface area contributed by atoms with Crippen LogP contribution in [0.5, 0.6) is 17.4 Å². The van der Waals surface area contributed by atoms with Crippen molar-refractivity contribution in [1.82, 2.24) is 4.98 Å². The number of nitrogens with two attached hydrogens (primary N) is 1. The molecule has 144 valence electrons. The maximum Gasteiger partial charge on any atom is 0.306 e. The van der Waals surface area contributed by atoms with Crippen molar-refractivity contribution in [2.24, 2.45) is 0 Å². The topological polar surface area (TPSA) is 85.4 Å². The van der Waals surface area contributed by atoms with Crippen molar-refractivity contribution in [2.45, 2.75) is 12.5 Å². The Morgan fingerprint density at radius 2 is 1.97 bits per heavy atom. The van der Waals surface area contributed by atoms with Gasteiger partial charge in [-0.1, -0.05) is 40.9 Å². The minimum absolute atomic E-state index is 0.113. The van der Waals surface area contributed by atoms with Gasteiger partial charge in [-0.05, 0) is 29.8 Å². The van der Waals surface area contributed by atoms with Crippen molar-refractivity contribution in [2.75, 3.05) is 5.73 Å². The molecule has 0 saturated heterocycles. The van der Waals surface area contributed by atoms with E-state index in [2.05, 4.69) is 4.98 Å². The number of ether oxygens (including phenoxy) is 1. The summed E-state index contributed by atoms with van der Waals surface area (Å²) in [7, 11) is 0. The van der Waals surface area contributed by atoms with E-state index in [1.807, 2.05) is 47.0 Å². The van der Waals surface area contributed by atoms with E-state index in [1.54, 1.807) is 24.7 Å². The fourth-order valence-electron chi connectivity index (χ4n) is 3.71. The van der Waals surface area contributed by atoms with E-state index in [9.17, 15) is 5.11 Å². The smallest absolute Gasteiger partial charge is 0.306 e. The van der Waals surface area contributed by atoms with Gasteiger partial charge < -0.3 is 20.0 Å². The van der Waals surface area contributed by atoms with E-state index in [0.29, 0.717) is 29.0 Å². The number of nitrogens with zero attached hydrogens (tertiary/aromatic N) is 2. The summed E-state index contributed by atoms with van der Waals surface area (Å²) in [4.78, 5) is 4.49. The second-order valence-corrected chi connectivity index (χ2v) is 7.24. The molecule has 0 saturated carbocycles. The van der Waals surface area contributed by atoms with E-state index in [4.69, 9.17) is 26.5 Å². The molecule has 0 unspecified atom stereocenters. The van der Waals surface area contributed by atoms with E-state index in [0.717, 1.165) is 22.5 Å². The lowest BCUT2D eigenvalue weighted by molar-refractivity contribution is -0.679. The highest BCUT2D eigenvalue weighted by molar-refractivity contribution is 6.31. The van der Waals surface area contributed by atoms with Gasteiger partial charge in [-0.2, -0.15) is 0 Å². The SMILES string of the molecule is Nc1c2c(nc[n+]1Cc1ccco1)Oc1cc(O)ccc1[C@H]2c1ccccc1Cl. The van der Waals surface area contributed by atoms with Crippen molar-refractivity contribution in [1.29, 1.82) is 0 Å². The number of furan rings is 1. The average Bonchev–Trinajstić information content (AvgIpc) is 3.22. The van der Waals surface area contributed by atoms with Gasteiger partial charge in [0.05, 0.1) is 12.2 Å². The van der Waals surface area contributed by atoms with Crippen molar-refractivity contribution in [3.8, 4) is 17.4 Å². The zero-order chi connectivity index (χ0) is 20.0. The third-order valence-electron chi connectivity index (χ3n) is 5.06. The maximum atomic E-state index is 9.92. The van der Waals surface area contributed by atoms with Crippen molar-refractivity contribution in [3.05, 3.63) is 94.7 Å². The standard InChI is InChI=1S/C22H16ClN3O3/c23-17-6-2-1-5-15(17)19-16-8-7-13(27)10-18(16)29-22-20(19)21(24)26(12-25-22)11-14-4-3-9-28-14/h1-10,12,19,24,27H,11H2/p+1/t19-/m1/s1. The first-order valence-electron chi connectivity index (χ1n) is 9.07. The average molecular weight is 407 g/mol. The van der Waals surface area contributed by atoms with Gasteiger partial charge in [-0.15, -0.1) is 0 Å². The number of hydrogen-bond acceptors (Lipinski definition) is 5. The third-order valence-corrected chi connectivity index (χ3v) is 5.40. The van der Waals surface area contributed by atoms with Crippen LogP contribution in [-0.2, 0) is 6.54 Å². The normalized spacial score (nSPS) is 14.7. The second kappa shape index (κ2) is 6.83. The van der Waals surface area contributed by atoms with Crippen molar-refractivity contribution < 1.29 is 18.8 Å². The van der Waals surface area contributed by atoms with E-state index in [-0.39, 0.29) is 11.7 Å². The largest absolute Gasteiger partial charge is 0.508 e. The summed E-state index contributed by atoms with van der Waals surface area (Å²) in [6.07, 6.45) is 3.24. The van der Waals surface area contributed by atoms with E-state index >= 15 is 0 Å². The summed E-state index contributed by atoms with van der Waals surface area (Å²) in [6.45, 7) is 0.441. The Morgan fingerprint density at radius 1 is 1.10 bits per heavy atom. The minimum Gasteiger partial charge on any atom is -0.508 e. The first-order valence-corrected chi connectivity index (χ1v) is 9.45. The number of fused-ring (bicyclic) bond motifs is 2. The molecule has 0 aliphatic carbocycles. The first kappa shape index (κ1) is 17.6. The van der Waals surface area contributed by atoms with Crippen LogP contribution in [0.25, 0.3) is 0 Å². The monoisotopic (exact) mass is 406 g/mol. The molecule has 3 N–H and O–H groups in total. The van der Waals surface area contributed by atoms with Crippen LogP contribution in [0.2, 0.25) is 5.02 Å². The number of aromatic hydroxyl groups is 1. The highest BCUT2D eigenvalue weighted by atomic mass is 35.5. The summed E-state index contributed by atoms with van der Waals surface area (Å²) in [6, 6.07) is 16.3. The van der Waals surface area contributed by atoms with Crippen LogP contribution in [-0.4, -0.2) is 10.1 Å². The van der Waals surface area contributed by atoms with Gasteiger partial charge in [0.2, 0.25) is 12.1 Å². The molecule has 29 heavy (non-hydrogen) atoms. The molecule has 1 aliphatic rings. The van der Waals surface area contributed by atoms with Gasteiger partial charge in [-0.25, -0.2) is 4.57 Å². The Kier molecular flexibility index (Phi) is 4.14. The predicted molar refractivity (Wildman–Crippen MR) is 107 cm³/mol. The summed E-state index contributed by atoms with van der Waals surface area (Å²) >= 11 is 6.56. The Hall–Kier alpha value is -3.51. The van der Waals surface area contributed by atoms with Crippen LogP contribution in [0.4, 0.5) is 5.82 Å². The molecule has 4 aromatic rings. The molecule has 6 nitrogen and oxygen atoms in total. The van der Waals surface area contributed by atoms with E-state index < -0.39 is 0 Å². The Balaban J connectivity index is 1.72. The summed E-state index contributed by atoms with van der Waals surface area (Å²) in [5.41, 5.74) is 9.06. The number of halogens is 1. The summed E-state index contributed by atoms with van der Waals surface area (Å²) < 4.78 is 13.3. The zero-order valence-corrected chi connectivity index (χ0v) is 16.0. The molecule has 2 aromatic carbocycles. The highest BCUT2D eigenvalue weighted by Crippen LogP contribution is 2.49. The highest BCUT2D eigenvalue weighted by Gasteiger charge is 2.37. The van der Waals surface area contributed by atoms with Crippen molar-refractivity contribution in [3.63, 3.8) is 0 Å². The Labute approximate surface area is 171 Å². The number of anilines is 1. The number of phenolic OH excluding ortho intramolecular Hbond substituents is 1. The van der Waals surface area contributed by atoms with E-state index in [1.165, 1.54) is 0 Å². The maximum absolute atomic E-state index is 9.92. The molecule has 1 aliphatic heterocycles. The van der Waals surface area contributed by atoms with Gasteiger partial charge in [-0.3, -0.25) is 0 Å². The fraction of sp³-hybridized carbons (Fsp3) is 0.0909. The third kappa shape index (κ3) is 2.98. The van der Waals surface area contributed by atoms with Crippen molar-refractivity contribution >= 4 is 17.4 Å². The predicted octanol–water partition coefficient (Wildman–Crippen LogP) is 4.24. The van der Waals surface area contributed by atoms with Crippen LogP contribution < -0.4 is 15.0 Å². The van der Waals surface area contributed by atoms with Gasteiger partial charge in [0.15, 0.2) is 0 Å². The van der Waals surface area contributed by atoms with Gasteiger partial charge in [0, 0.05) is 16.7 Å². The van der Waals surface area contributed by atoms with Gasteiger partial charge in [0.1, 0.15) is 29.4 Å². The lowest BCUT2D eigenvalue weighted by Gasteiger charge is -2.27. The molecule has 0 bridgehead atoms. The fourth-order valence-corrected chi connectivity index (χ4v) is 3.95. The first-order chi connectivity index (χ1) is 14.1. The Bertz CT molecular complexity index is 1210. The summed E-state index contributed by atoms with van der Waals surface area (Å²) in [5, 5.41) is 10.5. The van der Waals surface area contributed by atoms with Gasteiger partial charge in [0.25, 0.3) is 0 Å². The molecule has 0 spiro atoms. The van der Waals surface area contributed by atoms with Crippen LogP contribution in [0.1, 0.15) is 28.4 Å². The molecule has 2 aromatic heterocycles. The lowest BCUT2D eigenvalue weighted by Crippen LogP contribution is -2.40. The Morgan fingerprint density at radius 3 is 2.76 bits per heavy atom. The number of phenols is 1. The second-order valence-electron chi connectivity index (χ2n) is 6.83. The lowest BCUT2D eigenvalue weighted by atomic mass is 9.83. The molecule has 1 atom stereocenters. The molecule has 0 amide bonds. The zero-order valence-electron chi connectivity index (χ0n) is 15.2. The quantitative estimate of drug-likeness (QED) is 0.438. The molecule has 3 heterocycles. The number of benzene rings is 2. The van der Waals surface area contributed by atoms with Gasteiger partial charge >= 0.3 is 5.88 Å². The minimum atomic E-state index is -0.292. The number of nitrogen functional groups attached to an aromatic ring is 1. The molecule has 0 radical (unpaired) electrons. The number of hydrogen-bond donors (Lipinski definition) is 2. The van der Waals surface area contributed by atoms with Crippen LogP contribution in [0, 0.1) is 0 Å². The number of aromatic nitrogens is 2. The van der Waals surface area contributed by atoms with Crippen LogP contribution in [0.15, 0.2) is 71.6 Å². The summed E-state index contributed by atoms with van der Waals surface area (Å²) in [5.74, 6) is 2.01. The molecular formula is C22H17ClN3O3+.